The number of nitrogens with zero attached hydrogens (tertiary/aromatic N) is 1. The molecule has 1 amide bonds. The van der Waals surface area contributed by atoms with Crippen LogP contribution in [0.3, 0.4) is 0 Å². The first-order valence-electron chi connectivity index (χ1n) is 7.02. The first kappa shape index (κ1) is 14.8. The highest BCUT2D eigenvalue weighted by molar-refractivity contribution is 5.96. The van der Waals surface area contributed by atoms with Gasteiger partial charge >= 0.3 is 0 Å². The van der Waals surface area contributed by atoms with Gasteiger partial charge in [0.25, 0.3) is 5.91 Å². The van der Waals surface area contributed by atoms with E-state index in [-0.39, 0.29) is 12.0 Å². The first-order valence-corrected chi connectivity index (χ1v) is 7.02. The van der Waals surface area contributed by atoms with Crippen LogP contribution in [0, 0.1) is 0 Å². The summed E-state index contributed by atoms with van der Waals surface area (Å²) in [6.07, 6.45) is 0.0527. The Balaban J connectivity index is 2.02. The van der Waals surface area contributed by atoms with E-state index in [1.54, 1.807) is 18.0 Å². The molecule has 1 N–H and O–H groups in total. The molecule has 1 saturated heterocycles. The number of benzene rings is 1. The molecule has 0 bridgehead atoms. The molecule has 1 aliphatic heterocycles. The molecule has 1 atom stereocenters. The van der Waals surface area contributed by atoms with Crippen molar-refractivity contribution >= 4 is 5.91 Å². The lowest BCUT2D eigenvalue weighted by Gasteiger charge is -2.28. The minimum atomic E-state index is -0.0387. The molecule has 0 spiro atoms. The van der Waals surface area contributed by atoms with Crippen molar-refractivity contribution in [3.05, 3.63) is 29.8 Å². The van der Waals surface area contributed by atoms with Gasteiger partial charge < -0.3 is 19.7 Å². The second-order valence-electron chi connectivity index (χ2n) is 4.81. The standard InChI is InChI=1S/C15H22N2O3/c1-3-19-14-7-5-4-6-13(14)15(18)17(2)11-12-10-16-8-9-20-12/h4-7,12,16H,3,8-11H2,1-2H3. The van der Waals surface area contributed by atoms with Crippen LogP contribution in [0.1, 0.15) is 17.3 Å². The SMILES string of the molecule is CCOc1ccccc1C(=O)N(C)CC1CNCCO1. The van der Waals surface area contributed by atoms with Crippen LogP contribution in [0.4, 0.5) is 0 Å². The summed E-state index contributed by atoms with van der Waals surface area (Å²) in [6, 6.07) is 7.34. The molecule has 1 aromatic carbocycles. The van der Waals surface area contributed by atoms with E-state index in [0.717, 1.165) is 13.1 Å². The first-order chi connectivity index (χ1) is 9.72. The zero-order valence-electron chi connectivity index (χ0n) is 12.1. The predicted molar refractivity (Wildman–Crippen MR) is 77.2 cm³/mol. The van der Waals surface area contributed by atoms with E-state index in [2.05, 4.69) is 5.32 Å². The Kier molecular flexibility index (Phi) is 5.38. The summed E-state index contributed by atoms with van der Waals surface area (Å²) >= 11 is 0. The molecule has 1 aliphatic rings. The Hall–Kier alpha value is -1.59. The van der Waals surface area contributed by atoms with Gasteiger partial charge in [0.2, 0.25) is 0 Å². The summed E-state index contributed by atoms with van der Waals surface area (Å²) in [6.45, 7) is 5.39. The van der Waals surface area contributed by atoms with Gasteiger partial charge in [0.05, 0.1) is 24.9 Å². The molecule has 2 rings (SSSR count). The van der Waals surface area contributed by atoms with Crippen molar-refractivity contribution in [1.82, 2.24) is 10.2 Å². The van der Waals surface area contributed by atoms with Crippen LogP contribution in [-0.4, -0.2) is 56.8 Å². The van der Waals surface area contributed by atoms with E-state index in [4.69, 9.17) is 9.47 Å². The summed E-state index contributed by atoms with van der Waals surface area (Å²) < 4.78 is 11.1. The molecular weight excluding hydrogens is 256 g/mol. The van der Waals surface area contributed by atoms with E-state index in [1.165, 1.54) is 0 Å². The summed E-state index contributed by atoms with van der Waals surface area (Å²) in [5, 5.41) is 3.26. The fourth-order valence-electron chi connectivity index (χ4n) is 2.26. The highest BCUT2D eigenvalue weighted by atomic mass is 16.5. The molecule has 1 unspecified atom stereocenters. The largest absolute Gasteiger partial charge is 0.493 e. The van der Waals surface area contributed by atoms with Gasteiger partial charge in [-0.05, 0) is 19.1 Å². The lowest BCUT2D eigenvalue weighted by atomic mass is 10.1. The Bertz CT molecular complexity index is 444. The number of rotatable bonds is 5. The number of hydrogen-bond donors (Lipinski definition) is 1. The Morgan fingerprint density at radius 2 is 2.30 bits per heavy atom. The Morgan fingerprint density at radius 1 is 1.50 bits per heavy atom. The maximum atomic E-state index is 12.5. The topological polar surface area (TPSA) is 50.8 Å². The van der Waals surface area contributed by atoms with E-state index in [9.17, 15) is 4.79 Å². The number of ether oxygens (including phenoxy) is 2. The van der Waals surface area contributed by atoms with E-state index in [1.807, 2.05) is 25.1 Å². The lowest BCUT2D eigenvalue weighted by Crippen LogP contribution is -2.45. The molecule has 0 radical (unpaired) electrons. The monoisotopic (exact) mass is 278 g/mol. The van der Waals surface area contributed by atoms with Crippen molar-refractivity contribution in [1.29, 1.82) is 0 Å². The average molecular weight is 278 g/mol. The van der Waals surface area contributed by atoms with Gasteiger partial charge in [-0.1, -0.05) is 12.1 Å². The van der Waals surface area contributed by atoms with Crippen molar-refractivity contribution in [2.75, 3.05) is 39.9 Å². The quantitative estimate of drug-likeness (QED) is 0.877. The maximum absolute atomic E-state index is 12.5. The van der Waals surface area contributed by atoms with Crippen molar-refractivity contribution in [2.45, 2.75) is 13.0 Å². The van der Waals surface area contributed by atoms with E-state index >= 15 is 0 Å². The summed E-state index contributed by atoms with van der Waals surface area (Å²) in [4.78, 5) is 14.2. The number of carbonyl (C=O) groups excluding carboxylic acids is 1. The van der Waals surface area contributed by atoms with Crippen LogP contribution in [0.5, 0.6) is 5.75 Å². The summed E-state index contributed by atoms with van der Waals surface area (Å²) in [5.41, 5.74) is 0.598. The molecule has 1 aromatic rings. The normalized spacial score (nSPS) is 18.6. The van der Waals surface area contributed by atoms with E-state index in [0.29, 0.717) is 31.1 Å². The van der Waals surface area contributed by atoms with Crippen molar-refractivity contribution < 1.29 is 14.3 Å². The fourth-order valence-corrected chi connectivity index (χ4v) is 2.26. The third-order valence-electron chi connectivity index (χ3n) is 3.25. The molecule has 5 nitrogen and oxygen atoms in total. The summed E-state index contributed by atoms with van der Waals surface area (Å²) in [5.74, 6) is 0.595. The van der Waals surface area contributed by atoms with Gasteiger partial charge in [-0.2, -0.15) is 0 Å². The maximum Gasteiger partial charge on any atom is 0.257 e. The molecule has 5 heteroatoms. The average Bonchev–Trinajstić information content (AvgIpc) is 2.48. The number of hydrogen-bond acceptors (Lipinski definition) is 4. The fraction of sp³-hybridized carbons (Fsp3) is 0.533. The van der Waals surface area contributed by atoms with Crippen LogP contribution in [0.2, 0.25) is 0 Å². The molecule has 20 heavy (non-hydrogen) atoms. The van der Waals surface area contributed by atoms with Crippen molar-refractivity contribution in [3.8, 4) is 5.75 Å². The minimum absolute atomic E-state index is 0.0387. The molecule has 0 aliphatic carbocycles. The molecule has 110 valence electrons. The van der Waals surface area contributed by atoms with Crippen LogP contribution in [0.25, 0.3) is 0 Å². The third-order valence-corrected chi connectivity index (χ3v) is 3.25. The van der Waals surface area contributed by atoms with E-state index < -0.39 is 0 Å². The number of para-hydroxylation sites is 1. The van der Waals surface area contributed by atoms with Gasteiger partial charge in [0, 0.05) is 26.7 Å². The second-order valence-corrected chi connectivity index (χ2v) is 4.81. The molecule has 0 saturated carbocycles. The van der Waals surface area contributed by atoms with Gasteiger partial charge in [-0.25, -0.2) is 0 Å². The predicted octanol–water partition coefficient (Wildman–Crippen LogP) is 1.15. The number of amides is 1. The number of likely N-dealkylation sites (N-methyl/N-ethyl adjacent to an activating group) is 1. The van der Waals surface area contributed by atoms with Gasteiger partial charge in [-0.15, -0.1) is 0 Å². The summed E-state index contributed by atoms with van der Waals surface area (Å²) in [7, 11) is 1.79. The van der Waals surface area contributed by atoms with Crippen molar-refractivity contribution in [2.24, 2.45) is 0 Å². The van der Waals surface area contributed by atoms with Gasteiger partial charge in [0.15, 0.2) is 0 Å². The van der Waals surface area contributed by atoms with Crippen LogP contribution in [-0.2, 0) is 4.74 Å². The van der Waals surface area contributed by atoms with Gasteiger partial charge in [0.1, 0.15) is 5.75 Å². The number of carbonyl (C=O) groups is 1. The highest BCUT2D eigenvalue weighted by Gasteiger charge is 2.21. The smallest absolute Gasteiger partial charge is 0.257 e. The molecule has 1 heterocycles. The molecule has 0 aromatic heterocycles. The van der Waals surface area contributed by atoms with Crippen LogP contribution < -0.4 is 10.1 Å². The minimum Gasteiger partial charge on any atom is -0.493 e. The zero-order valence-corrected chi connectivity index (χ0v) is 12.1. The lowest BCUT2D eigenvalue weighted by molar-refractivity contribution is 0.0103. The molecular formula is C15H22N2O3. The Morgan fingerprint density at radius 3 is 3.00 bits per heavy atom. The van der Waals surface area contributed by atoms with Gasteiger partial charge in [-0.3, -0.25) is 4.79 Å². The second kappa shape index (κ2) is 7.26. The van der Waals surface area contributed by atoms with Crippen LogP contribution >= 0.6 is 0 Å². The number of morpholine rings is 1. The molecule has 1 fully saturated rings. The third kappa shape index (κ3) is 3.71. The Labute approximate surface area is 119 Å². The van der Waals surface area contributed by atoms with Crippen molar-refractivity contribution in [3.63, 3.8) is 0 Å². The van der Waals surface area contributed by atoms with Crippen LogP contribution in [0.15, 0.2) is 24.3 Å². The zero-order chi connectivity index (χ0) is 14.4. The highest BCUT2D eigenvalue weighted by Crippen LogP contribution is 2.19. The number of nitrogens with one attached hydrogen (secondary N) is 1.